The number of anilines is 1. The van der Waals surface area contributed by atoms with Crippen molar-refractivity contribution in [2.45, 2.75) is 19.8 Å². The normalized spacial score (nSPS) is 19.2. The predicted octanol–water partition coefficient (Wildman–Crippen LogP) is 2.22. The standard InChI is InChI=1S/C13H15BrN2O2/c1-8-2-3-11(10(14)6-8)16-13(18)9-4-5-15-12(17)7-9/h2-3,6,9H,4-5,7H2,1H3,(H,15,17)(H,16,18). The highest BCUT2D eigenvalue weighted by atomic mass is 79.9. The summed E-state index contributed by atoms with van der Waals surface area (Å²) in [5, 5.41) is 5.58. The van der Waals surface area contributed by atoms with Gasteiger partial charge in [0.05, 0.1) is 5.69 Å². The molecule has 2 rings (SSSR count). The fourth-order valence-corrected chi connectivity index (χ4v) is 2.56. The lowest BCUT2D eigenvalue weighted by molar-refractivity contribution is -0.129. The van der Waals surface area contributed by atoms with Crippen LogP contribution in [0.3, 0.4) is 0 Å². The molecule has 5 heteroatoms. The summed E-state index contributed by atoms with van der Waals surface area (Å²) < 4.78 is 0.858. The number of nitrogens with one attached hydrogen (secondary N) is 2. The van der Waals surface area contributed by atoms with Crippen LogP contribution in [0.15, 0.2) is 22.7 Å². The molecule has 0 aliphatic carbocycles. The fraction of sp³-hybridized carbons (Fsp3) is 0.385. The molecule has 0 aromatic heterocycles. The molecule has 1 fully saturated rings. The van der Waals surface area contributed by atoms with Crippen molar-refractivity contribution in [3.8, 4) is 0 Å². The maximum Gasteiger partial charge on any atom is 0.228 e. The highest BCUT2D eigenvalue weighted by Gasteiger charge is 2.25. The maximum absolute atomic E-state index is 12.0. The van der Waals surface area contributed by atoms with Crippen molar-refractivity contribution in [2.24, 2.45) is 5.92 Å². The zero-order valence-corrected chi connectivity index (χ0v) is 11.7. The van der Waals surface area contributed by atoms with Crippen LogP contribution < -0.4 is 10.6 Å². The van der Waals surface area contributed by atoms with Crippen LogP contribution in [-0.2, 0) is 9.59 Å². The van der Waals surface area contributed by atoms with Crippen LogP contribution in [0.25, 0.3) is 0 Å². The van der Waals surface area contributed by atoms with Crippen LogP contribution >= 0.6 is 15.9 Å². The second kappa shape index (κ2) is 5.52. The molecular formula is C13H15BrN2O2. The third-order valence-electron chi connectivity index (χ3n) is 3.00. The highest BCUT2D eigenvalue weighted by molar-refractivity contribution is 9.10. The number of piperidine rings is 1. The Morgan fingerprint density at radius 2 is 2.28 bits per heavy atom. The molecule has 2 amide bonds. The average Bonchev–Trinajstić information content (AvgIpc) is 2.32. The Balaban J connectivity index is 2.04. The maximum atomic E-state index is 12.0. The lowest BCUT2D eigenvalue weighted by Crippen LogP contribution is -2.38. The topological polar surface area (TPSA) is 58.2 Å². The van der Waals surface area contributed by atoms with Gasteiger partial charge in [-0.15, -0.1) is 0 Å². The number of hydrogen-bond acceptors (Lipinski definition) is 2. The van der Waals surface area contributed by atoms with Crippen LogP contribution in [0.5, 0.6) is 0 Å². The first-order valence-corrected chi connectivity index (χ1v) is 6.69. The fourth-order valence-electron chi connectivity index (χ4n) is 1.96. The molecule has 18 heavy (non-hydrogen) atoms. The van der Waals surface area contributed by atoms with Crippen molar-refractivity contribution in [1.29, 1.82) is 0 Å². The molecule has 1 aromatic carbocycles. The predicted molar refractivity (Wildman–Crippen MR) is 73.2 cm³/mol. The molecular weight excluding hydrogens is 296 g/mol. The first kappa shape index (κ1) is 13.1. The van der Waals surface area contributed by atoms with E-state index < -0.39 is 0 Å². The van der Waals surface area contributed by atoms with E-state index in [9.17, 15) is 9.59 Å². The van der Waals surface area contributed by atoms with Gasteiger partial charge in [0.25, 0.3) is 0 Å². The number of benzene rings is 1. The van der Waals surface area contributed by atoms with E-state index in [1.165, 1.54) is 0 Å². The minimum Gasteiger partial charge on any atom is -0.356 e. The molecule has 1 aliphatic heterocycles. The number of halogens is 1. The number of carbonyl (C=O) groups excluding carboxylic acids is 2. The second-order valence-corrected chi connectivity index (χ2v) is 5.37. The Morgan fingerprint density at radius 3 is 2.94 bits per heavy atom. The molecule has 4 nitrogen and oxygen atoms in total. The summed E-state index contributed by atoms with van der Waals surface area (Å²) in [5.74, 6) is -0.370. The van der Waals surface area contributed by atoms with E-state index in [0.29, 0.717) is 13.0 Å². The van der Waals surface area contributed by atoms with E-state index >= 15 is 0 Å². The van der Waals surface area contributed by atoms with Gasteiger partial charge in [0.1, 0.15) is 0 Å². The number of carbonyl (C=O) groups is 2. The Hall–Kier alpha value is -1.36. The summed E-state index contributed by atoms with van der Waals surface area (Å²) in [4.78, 5) is 23.3. The zero-order valence-electron chi connectivity index (χ0n) is 10.1. The molecule has 1 aromatic rings. The van der Waals surface area contributed by atoms with Crippen LogP contribution in [0.4, 0.5) is 5.69 Å². The largest absolute Gasteiger partial charge is 0.356 e. The Morgan fingerprint density at radius 1 is 1.50 bits per heavy atom. The van der Waals surface area contributed by atoms with Gasteiger partial charge in [0.2, 0.25) is 11.8 Å². The molecule has 1 unspecified atom stereocenters. The van der Waals surface area contributed by atoms with Gasteiger partial charge < -0.3 is 10.6 Å². The summed E-state index contributed by atoms with van der Waals surface area (Å²) >= 11 is 3.42. The summed E-state index contributed by atoms with van der Waals surface area (Å²) in [6.45, 7) is 2.56. The van der Waals surface area contributed by atoms with E-state index in [1.807, 2.05) is 25.1 Å². The molecule has 1 atom stereocenters. The summed E-state index contributed by atoms with van der Waals surface area (Å²) in [6.07, 6.45) is 0.969. The van der Waals surface area contributed by atoms with Crippen molar-refractivity contribution in [2.75, 3.05) is 11.9 Å². The Bertz CT molecular complexity index is 488. The van der Waals surface area contributed by atoms with Crippen LogP contribution in [0.2, 0.25) is 0 Å². The van der Waals surface area contributed by atoms with E-state index in [2.05, 4.69) is 26.6 Å². The van der Waals surface area contributed by atoms with Gasteiger partial charge in [-0.3, -0.25) is 9.59 Å². The summed E-state index contributed by atoms with van der Waals surface area (Å²) in [6, 6.07) is 5.75. The van der Waals surface area contributed by atoms with Crippen molar-refractivity contribution in [3.05, 3.63) is 28.2 Å². The number of amides is 2. The molecule has 1 heterocycles. The van der Waals surface area contributed by atoms with Gasteiger partial charge in [-0.1, -0.05) is 6.07 Å². The minimum atomic E-state index is -0.230. The number of rotatable bonds is 2. The average molecular weight is 311 g/mol. The van der Waals surface area contributed by atoms with Crippen molar-refractivity contribution in [3.63, 3.8) is 0 Å². The van der Waals surface area contributed by atoms with Crippen molar-refractivity contribution >= 4 is 33.4 Å². The zero-order chi connectivity index (χ0) is 13.1. The van der Waals surface area contributed by atoms with Crippen LogP contribution in [-0.4, -0.2) is 18.4 Å². The Labute approximate surface area is 114 Å². The smallest absolute Gasteiger partial charge is 0.228 e. The molecule has 0 bridgehead atoms. The quantitative estimate of drug-likeness (QED) is 0.880. The highest BCUT2D eigenvalue weighted by Crippen LogP contribution is 2.25. The van der Waals surface area contributed by atoms with Gasteiger partial charge in [0.15, 0.2) is 0 Å². The van der Waals surface area contributed by atoms with Crippen molar-refractivity contribution in [1.82, 2.24) is 5.32 Å². The lowest BCUT2D eigenvalue weighted by atomic mass is 9.96. The van der Waals surface area contributed by atoms with E-state index in [4.69, 9.17) is 0 Å². The number of hydrogen-bond donors (Lipinski definition) is 2. The van der Waals surface area contributed by atoms with Gasteiger partial charge >= 0.3 is 0 Å². The summed E-state index contributed by atoms with van der Waals surface area (Å²) in [5.41, 5.74) is 1.87. The third kappa shape index (κ3) is 3.10. The molecule has 0 radical (unpaired) electrons. The SMILES string of the molecule is Cc1ccc(NC(=O)C2CCNC(=O)C2)c(Br)c1. The molecule has 96 valence electrons. The molecule has 1 aliphatic rings. The van der Waals surface area contributed by atoms with Gasteiger partial charge in [-0.25, -0.2) is 0 Å². The van der Waals surface area contributed by atoms with E-state index in [0.717, 1.165) is 15.7 Å². The van der Waals surface area contributed by atoms with Crippen LogP contribution in [0.1, 0.15) is 18.4 Å². The first-order chi connectivity index (χ1) is 8.56. The first-order valence-electron chi connectivity index (χ1n) is 5.90. The molecule has 0 spiro atoms. The van der Waals surface area contributed by atoms with Crippen LogP contribution in [0, 0.1) is 12.8 Å². The summed E-state index contributed by atoms with van der Waals surface area (Å²) in [7, 11) is 0. The van der Waals surface area contributed by atoms with Gasteiger partial charge in [0, 0.05) is 23.4 Å². The number of aryl methyl sites for hydroxylation is 1. The Kier molecular flexibility index (Phi) is 4.01. The van der Waals surface area contributed by atoms with Gasteiger partial charge in [-0.2, -0.15) is 0 Å². The third-order valence-corrected chi connectivity index (χ3v) is 3.66. The molecule has 1 saturated heterocycles. The van der Waals surface area contributed by atoms with Crippen molar-refractivity contribution < 1.29 is 9.59 Å². The van der Waals surface area contributed by atoms with Gasteiger partial charge in [-0.05, 0) is 47.0 Å². The minimum absolute atomic E-state index is 0.0515. The molecule has 0 saturated carbocycles. The molecule has 2 N–H and O–H groups in total. The lowest BCUT2D eigenvalue weighted by Gasteiger charge is -2.21. The second-order valence-electron chi connectivity index (χ2n) is 4.51. The van der Waals surface area contributed by atoms with E-state index in [1.54, 1.807) is 0 Å². The van der Waals surface area contributed by atoms with E-state index in [-0.39, 0.29) is 24.2 Å². The monoisotopic (exact) mass is 310 g/mol.